The predicted octanol–water partition coefficient (Wildman–Crippen LogP) is -0.525. The smallest absolute Gasteiger partial charge is 0.427 e. The van der Waals surface area contributed by atoms with E-state index >= 15 is 0 Å². The molecule has 0 aromatic carbocycles. The molecule has 0 saturated heterocycles. The van der Waals surface area contributed by atoms with Crippen molar-refractivity contribution in [2.75, 3.05) is 26.3 Å². The minimum atomic E-state index is -0.680. The monoisotopic (exact) mass is 175 g/mol. The van der Waals surface area contributed by atoms with Crippen LogP contribution >= 0.6 is 0 Å². The van der Waals surface area contributed by atoms with Gasteiger partial charge in [0.25, 0.3) is 0 Å². The second-order valence-corrected chi connectivity index (χ2v) is 2.98. The Bertz CT molecular complexity index is 103. The Balaban J connectivity index is 3.08. The first kappa shape index (κ1) is 11.9. The molecule has 0 amide bonds. The maximum absolute atomic E-state index is 9.18. The van der Waals surface area contributed by atoms with Gasteiger partial charge in [0.05, 0.1) is 6.61 Å². The van der Waals surface area contributed by atoms with Gasteiger partial charge in [-0.25, -0.2) is 0 Å². The Morgan fingerprint density at radius 3 is 2.58 bits per heavy atom. The van der Waals surface area contributed by atoms with E-state index in [0.29, 0.717) is 19.7 Å². The molecule has 0 atom stereocenters. The number of nitrogens with one attached hydrogen (secondary N) is 1. The van der Waals surface area contributed by atoms with Gasteiger partial charge in [0, 0.05) is 19.7 Å². The van der Waals surface area contributed by atoms with Gasteiger partial charge in [0.2, 0.25) is 0 Å². The van der Waals surface area contributed by atoms with Crippen molar-refractivity contribution in [2.24, 2.45) is 0 Å². The highest BCUT2D eigenvalue weighted by atomic mass is 16.5. The van der Waals surface area contributed by atoms with E-state index in [1.165, 1.54) is 0 Å². The van der Waals surface area contributed by atoms with E-state index in [-0.39, 0.29) is 12.4 Å². The molecule has 0 spiro atoms. The number of aliphatic hydroxyl groups excluding tert-OH is 1. The SMILES string of the molecule is CC(C)B(O)OCCNCCO. The van der Waals surface area contributed by atoms with Crippen LogP contribution in [0.25, 0.3) is 0 Å². The van der Waals surface area contributed by atoms with Crippen molar-refractivity contribution in [1.29, 1.82) is 0 Å². The van der Waals surface area contributed by atoms with Crippen LogP contribution in [0.1, 0.15) is 13.8 Å². The van der Waals surface area contributed by atoms with Gasteiger partial charge in [-0.15, -0.1) is 0 Å². The van der Waals surface area contributed by atoms with Crippen LogP contribution in [0.5, 0.6) is 0 Å². The van der Waals surface area contributed by atoms with Gasteiger partial charge in [0.15, 0.2) is 0 Å². The summed E-state index contributed by atoms with van der Waals surface area (Å²) in [6, 6.07) is 0. The molecule has 0 fully saturated rings. The lowest BCUT2D eigenvalue weighted by atomic mass is 9.75. The molecule has 5 heteroatoms. The highest BCUT2D eigenvalue weighted by molar-refractivity contribution is 6.44. The quantitative estimate of drug-likeness (QED) is 0.359. The highest BCUT2D eigenvalue weighted by Gasteiger charge is 2.16. The van der Waals surface area contributed by atoms with E-state index in [2.05, 4.69) is 5.32 Å². The zero-order valence-corrected chi connectivity index (χ0v) is 7.79. The molecule has 0 aromatic heterocycles. The summed E-state index contributed by atoms with van der Waals surface area (Å²) in [6.07, 6.45) is 0. The molecule has 0 aromatic rings. The molecule has 0 rings (SSSR count). The second kappa shape index (κ2) is 7.55. The van der Waals surface area contributed by atoms with E-state index in [0.717, 1.165) is 0 Å². The molecule has 0 aliphatic heterocycles. The van der Waals surface area contributed by atoms with E-state index in [1.54, 1.807) is 0 Å². The number of rotatable bonds is 7. The third-order valence-corrected chi connectivity index (χ3v) is 1.43. The lowest BCUT2D eigenvalue weighted by molar-refractivity contribution is 0.242. The minimum Gasteiger partial charge on any atom is -0.427 e. The van der Waals surface area contributed by atoms with Crippen LogP contribution in [0.15, 0.2) is 0 Å². The summed E-state index contributed by atoms with van der Waals surface area (Å²) in [7, 11) is -0.680. The molecular weight excluding hydrogens is 157 g/mol. The molecule has 0 aliphatic carbocycles. The van der Waals surface area contributed by atoms with Gasteiger partial charge in [-0.05, 0) is 5.82 Å². The van der Waals surface area contributed by atoms with Crippen LogP contribution in [0.2, 0.25) is 5.82 Å². The molecule has 0 radical (unpaired) electrons. The first-order chi connectivity index (χ1) is 5.68. The molecule has 0 unspecified atom stereocenters. The largest absolute Gasteiger partial charge is 0.456 e. The summed E-state index contributed by atoms with van der Waals surface area (Å²) >= 11 is 0. The Morgan fingerprint density at radius 1 is 1.42 bits per heavy atom. The zero-order chi connectivity index (χ0) is 9.40. The molecule has 0 heterocycles. The number of aliphatic hydroxyl groups is 1. The van der Waals surface area contributed by atoms with Gasteiger partial charge in [-0.2, -0.15) is 0 Å². The maximum atomic E-state index is 9.18. The van der Waals surface area contributed by atoms with Crippen molar-refractivity contribution >= 4 is 7.12 Å². The predicted molar refractivity (Wildman–Crippen MR) is 49.0 cm³/mol. The standard InChI is InChI=1S/C7H18BNO3/c1-7(2)8(11)12-6-4-9-3-5-10/h7,9-11H,3-6H2,1-2H3. The van der Waals surface area contributed by atoms with Crippen LogP contribution < -0.4 is 5.32 Å². The first-order valence-electron chi connectivity index (χ1n) is 4.29. The van der Waals surface area contributed by atoms with E-state index in [9.17, 15) is 5.02 Å². The molecule has 12 heavy (non-hydrogen) atoms. The van der Waals surface area contributed by atoms with Crippen LogP contribution in [0, 0.1) is 0 Å². The van der Waals surface area contributed by atoms with Crippen LogP contribution in [0.3, 0.4) is 0 Å². The topological polar surface area (TPSA) is 61.7 Å². The van der Waals surface area contributed by atoms with Crippen molar-refractivity contribution in [3.05, 3.63) is 0 Å². The van der Waals surface area contributed by atoms with Crippen molar-refractivity contribution in [1.82, 2.24) is 5.32 Å². The van der Waals surface area contributed by atoms with Crippen LogP contribution in [0.4, 0.5) is 0 Å². The molecule has 0 aliphatic rings. The van der Waals surface area contributed by atoms with Gasteiger partial charge in [0.1, 0.15) is 0 Å². The van der Waals surface area contributed by atoms with Crippen LogP contribution in [-0.4, -0.2) is 43.6 Å². The van der Waals surface area contributed by atoms with Gasteiger partial charge in [-0.1, -0.05) is 13.8 Å². The van der Waals surface area contributed by atoms with Crippen molar-refractivity contribution < 1.29 is 14.8 Å². The average molecular weight is 175 g/mol. The summed E-state index contributed by atoms with van der Waals surface area (Å²) in [5.74, 6) is 0.128. The zero-order valence-electron chi connectivity index (χ0n) is 7.79. The fraction of sp³-hybridized carbons (Fsp3) is 1.00. The molecule has 0 bridgehead atoms. The summed E-state index contributed by atoms with van der Waals surface area (Å²) in [4.78, 5) is 0. The van der Waals surface area contributed by atoms with Crippen molar-refractivity contribution in [2.45, 2.75) is 19.7 Å². The molecule has 72 valence electrons. The van der Waals surface area contributed by atoms with Gasteiger partial charge in [-0.3, -0.25) is 0 Å². The van der Waals surface area contributed by atoms with Gasteiger partial charge < -0.3 is 20.1 Å². The first-order valence-corrected chi connectivity index (χ1v) is 4.29. The Hall–Kier alpha value is -0.0951. The molecular formula is C7H18BNO3. The summed E-state index contributed by atoms with van der Waals surface area (Å²) < 4.78 is 5.06. The third-order valence-electron chi connectivity index (χ3n) is 1.43. The second-order valence-electron chi connectivity index (χ2n) is 2.98. The van der Waals surface area contributed by atoms with Crippen molar-refractivity contribution in [3.8, 4) is 0 Å². The fourth-order valence-corrected chi connectivity index (χ4v) is 0.648. The normalized spacial score (nSPS) is 10.8. The van der Waals surface area contributed by atoms with Gasteiger partial charge >= 0.3 is 7.12 Å². The lowest BCUT2D eigenvalue weighted by Gasteiger charge is -2.10. The average Bonchev–Trinajstić information content (AvgIpc) is 2.03. The Morgan fingerprint density at radius 2 is 2.08 bits per heavy atom. The fourth-order valence-electron chi connectivity index (χ4n) is 0.648. The number of hydrogen-bond donors (Lipinski definition) is 3. The third kappa shape index (κ3) is 6.60. The Kier molecular flexibility index (Phi) is 7.49. The highest BCUT2D eigenvalue weighted by Crippen LogP contribution is 2.04. The summed E-state index contributed by atoms with van der Waals surface area (Å²) in [5, 5.41) is 20.5. The van der Waals surface area contributed by atoms with E-state index in [1.807, 2.05) is 13.8 Å². The van der Waals surface area contributed by atoms with Crippen LogP contribution in [-0.2, 0) is 4.65 Å². The van der Waals surface area contributed by atoms with Crippen molar-refractivity contribution in [3.63, 3.8) is 0 Å². The van der Waals surface area contributed by atoms with E-state index in [4.69, 9.17) is 9.76 Å². The number of hydrogen-bond acceptors (Lipinski definition) is 4. The molecule has 0 saturated carbocycles. The summed E-state index contributed by atoms with van der Waals surface area (Å²) in [6.45, 7) is 5.62. The Labute approximate surface area is 74.1 Å². The minimum absolute atomic E-state index is 0.128. The lowest BCUT2D eigenvalue weighted by Crippen LogP contribution is -2.28. The molecule has 3 N–H and O–H groups in total. The summed E-state index contributed by atoms with van der Waals surface area (Å²) in [5.41, 5.74) is 0. The van der Waals surface area contributed by atoms with E-state index < -0.39 is 7.12 Å². The molecule has 4 nitrogen and oxygen atoms in total. The maximum Gasteiger partial charge on any atom is 0.456 e.